The smallest absolute Gasteiger partial charge is 0.272 e. The molecule has 6 unspecified atom stereocenters. The summed E-state index contributed by atoms with van der Waals surface area (Å²) in [4.78, 5) is 0. The van der Waals surface area contributed by atoms with Crippen LogP contribution in [0.5, 0.6) is 0 Å². The molecule has 0 aromatic carbocycles. The standard InChI is InChI=1S/C15H24B2O10P2S4/c1-18-14-24-8-6(22-12(16)10(8)26-14)3-20-28(30,31)5-29(32,33)21-4-7-9-11(13(17)23-7)27-15(19-2)25-9/h6-15H,3-5H2,1-2H3,(H,30,31)(H,32,33)/t6-,7+,8+,9?,10?,11-,12-,13+,14?,15?/m0/s1. The van der Waals surface area contributed by atoms with Crippen LogP contribution in [0.25, 0.3) is 0 Å². The van der Waals surface area contributed by atoms with Crippen LogP contribution in [-0.4, -0.2) is 111 Å². The van der Waals surface area contributed by atoms with E-state index < -0.39 is 72.5 Å². The van der Waals surface area contributed by atoms with Gasteiger partial charge in [0.2, 0.25) is 0 Å². The van der Waals surface area contributed by atoms with Crippen LogP contribution in [-0.2, 0) is 70.6 Å². The Morgan fingerprint density at radius 3 is 1.42 bits per heavy atom. The van der Waals surface area contributed by atoms with Crippen LogP contribution in [0, 0.1) is 0 Å². The van der Waals surface area contributed by atoms with Gasteiger partial charge in [-0.3, -0.25) is 0 Å². The molecule has 0 aromatic heterocycles. The molecular weight excluding hydrogens is 552 g/mol. The molecule has 0 amide bonds. The van der Waals surface area contributed by atoms with Crippen LogP contribution < -0.4 is 0 Å². The van der Waals surface area contributed by atoms with Gasteiger partial charge in [-0.05, 0) is 0 Å². The fourth-order valence-corrected chi connectivity index (χ4v) is 17.1. The molecule has 0 aliphatic carbocycles. The van der Waals surface area contributed by atoms with Crippen LogP contribution in [0.3, 0.4) is 0 Å². The van der Waals surface area contributed by atoms with E-state index >= 15 is 0 Å². The molecule has 18 heteroatoms. The monoisotopic (exact) mass is 576 g/mol. The van der Waals surface area contributed by atoms with Crippen molar-refractivity contribution in [3.05, 3.63) is 0 Å². The van der Waals surface area contributed by atoms with Gasteiger partial charge in [0.25, 0.3) is 13.0 Å². The maximum atomic E-state index is 5.97. The third kappa shape index (κ3) is 6.60. The molecule has 4 rings (SSSR count). The maximum absolute atomic E-state index is 5.97. The summed E-state index contributed by atoms with van der Waals surface area (Å²) in [5, 5.41) is 0. The second-order valence-corrected chi connectivity index (χ2v) is 21.0. The van der Waals surface area contributed by atoms with E-state index in [2.05, 4.69) is 24.5 Å². The highest BCUT2D eigenvalue weighted by Crippen LogP contribution is 2.68. The van der Waals surface area contributed by atoms with Gasteiger partial charge < -0.3 is 46.9 Å². The Morgan fingerprint density at radius 1 is 0.697 bits per heavy atom. The average molecular weight is 576 g/mol. The zero-order valence-corrected chi connectivity index (χ0v) is 22.9. The van der Waals surface area contributed by atoms with E-state index in [-0.39, 0.29) is 19.1 Å². The molecule has 0 N–H and O–H groups in total. The highest BCUT2D eigenvalue weighted by molar-refractivity contribution is 8.69. The highest BCUT2D eigenvalue weighted by atomic mass is 32.9. The number of thiol groups is 2. The van der Waals surface area contributed by atoms with Gasteiger partial charge in [-0.1, -0.05) is 23.6 Å². The quantitative estimate of drug-likeness (QED) is 0.218. The van der Waals surface area contributed by atoms with E-state index in [0.29, 0.717) is 0 Å². The average Bonchev–Trinajstić information content (AvgIpc) is 3.47. The lowest BCUT2D eigenvalue weighted by molar-refractivity contribution is -0.247. The van der Waals surface area contributed by atoms with Gasteiger partial charge in [0.15, 0.2) is 0 Å². The summed E-state index contributed by atoms with van der Waals surface area (Å²) < 4.78 is 55.7. The van der Waals surface area contributed by atoms with E-state index in [9.17, 15) is 0 Å². The predicted molar refractivity (Wildman–Crippen MR) is 133 cm³/mol. The highest BCUT2D eigenvalue weighted by Gasteiger charge is 2.52. The molecule has 4 aliphatic heterocycles. The summed E-state index contributed by atoms with van der Waals surface area (Å²) >= 11 is 20.3. The molecule has 0 spiro atoms. The fourth-order valence-electron chi connectivity index (χ4n) is 3.91. The summed E-state index contributed by atoms with van der Waals surface area (Å²) in [6.45, 7) is -1.39. The van der Waals surface area contributed by atoms with Crippen LogP contribution >= 0.6 is 35.4 Å². The third-order valence-corrected chi connectivity index (χ3v) is 15.0. The van der Waals surface area contributed by atoms with Gasteiger partial charge in [0, 0.05) is 26.2 Å². The van der Waals surface area contributed by atoms with Crippen molar-refractivity contribution in [2.45, 2.75) is 61.6 Å². The second-order valence-electron chi connectivity index (χ2n) is 7.74. The first-order chi connectivity index (χ1) is 15.5. The van der Waals surface area contributed by atoms with E-state index in [0.717, 1.165) is 0 Å². The van der Waals surface area contributed by atoms with Crippen molar-refractivity contribution in [3.8, 4) is 0 Å². The molecule has 12 atom stereocenters. The predicted octanol–water partition coefficient (Wildman–Crippen LogP) is 0.670. The van der Waals surface area contributed by atoms with E-state index in [1.165, 1.54) is 14.2 Å². The Kier molecular flexibility index (Phi) is 9.44. The SMILES string of the molecule is [B][C@@H]1O[C@H](COP(=S)(S)CP(=S)(S)OC[C@@H]2O[C@H]([B])C3OC(OC)O[C@@H]32)C2OC(OC)O[C@@H]21. The largest absolute Gasteiger partial charge is 0.377 e. The minimum Gasteiger partial charge on any atom is -0.377 e. The Morgan fingerprint density at radius 2 is 1.06 bits per heavy atom. The van der Waals surface area contributed by atoms with Gasteiger partial charge in [0.1, 0.15) is 63.2 Å². The number of methoxy groups -OCH3 is 2. The molecule has 4 fully saturated rings. The second kappa shape index (κ2) is 11.2. The molecule has 4 radical (unpaired) electrons. The van der Waals surface area contributed by atoms with Gasteiger partial charge in [-0.15, -0.1) is 24.5 Å². The molecule has 33 heavy (non-hydrogen) atoms. The van der Waals surface area contributed by atoms with Gasteiger partial charge >= 0.3 is 0 Å². The lowest BCUT2D eigenvalue weighted by atomic mass is 9.93. The summed E-state index contributed by atoms with van der Waals surface area (Å²) in [5.41, 5.74) is -5.35. The van der Waals surface area contributed by atoms with Crippen molar-refractivity contribution in [3.63, 3.8) is 0 Å². The van der Waals surface area contributed by atoms with Gasteiger partial charge in [0.05, 0.1) is 19.1 Å². The summed E-state index contributed by atoms with van der Waals surface area (Å²) in [7, 11) is 14.9. The maximum Gasteiger partial charge on any atom is 0.272 e. The van der Waals surface area contributed by atoms with Crippen LogP contribution in [0.4, 0.5) is 0 Å². The Bertz CT molecular complexity index is 742. The van der Waals surface area contributed by atoms with Gasteiger partial charge in [-0.2, -0.15) is 0 Å². The lowest BCUT2D eigenvalue weighted by Crippen LogP contribution is -2.32. The zero-order valence-electron chi connectivity index (χ0n) is 17.7. The number of ether oxygens (including phenoxy) is 8. The van der Waals surface area contributed by atoms with Crippen molar-refractivity contribution in [1.29, 1.82) is 0 Å². The normalized spacial score (nSPS) is 46.1. The Balaban J connectivity index is 1.26. The third-order valence-electron chi connectivity index (χ3n) is 5.39. The van der Waals surface area contributed by atoms with Crippen molar-refractivity contribution in [2.24, 2.45) is 0 Å². The first kappa shape index (κ1) is 27.8. The molecule has 0 aromatic rings. The number of hydrogen-bond donors (Lipinski definition) is 2. The van der Waals surface area contributed by atoms with Crippen molar-refractivity contribution in [1.82, 2.24) is 0 Å². The Labute approximate surface area is 215 Å². The minimum absolute atomic E-state index is 0.104. The number of rotatable bonds is 10. The van der Waals surface area contributed by atoms with Crippen molar-refractivity contribution < 1.29 is 46.9 Å². The van der Waals surface area contributed by atoms with E-state index in [1.807, 2.05) is 0 Å². The van der Waals surface area contributed by atoms with Crippen molar-refractivity contribution >= 4 is 74.7 Å². The molecule has 0 saturated carbocycles. The van der Waals surface area contributed by atoms with E-state index in [1.54, 1.807) is 0 Å². The molecule has 4 heterocycles. The molecule has 4 aliphatic rings. The topological polar surface area (TPSA) is 92.3 Å². The first-order valence-corrected chi connectivity index (χ1v) is 18.1. The minimum atomic E-state index is -2.67. The summed E-state index contributed by atoms with van der Waals surface area (Å²) in [5.74, 6) is 0.187. The summed E-state index contributed by atoms with van der Waals surface area (Å²) in [6, 6.07) is -1.33. The lowest BCUT2D eigenvalue weighted by Gasteiger charge is -2.27. The number of fused-ring (bicyclic) bond motifs is 2. The zero-order chi connectivity index (χ0) is 24.0. The first-order valence-electron chi connectivity index (χ1n) is 9.94. The number of hydrogen-bond acceptors (Lipinski definition) is 12. The molecular formula is C15H24B2O10P2S4. The van der Waals surface area contributed by atoms with Crippen molar-refractivity contribution in [2.75, 3.05) is 33.3 Å². The summed E-state index contributed by atoms with van der Waals surface area (Å²) in [6.07, 6.45) is -2.77. The van der Waals surface area contributed by atoms with Crippen LogP contribution in [0.2, 0.25) is 0 Å². The molecule has 4 saturated heterocycles. The molecule has 10 nitrogen and oxygen atoms in total. The van der Waals surface area contributed by atoms with Crippen LogP contribution in [0.15, 0.2) is 0 Å². The molecule has 0 bridgehead atoms. The van der Waals surface area contributed by atoms with Gasteiger partial charge in [-0.25, -0.2) is 0 Å². The molecule has 184 valence electrons. The van der Waals surface area contributed by atoms with Crippen LogP contribution in [0.1, 0.15) is 0 Å². The Hall–Kier alpha value is 1.73. The fraction of sp³-hybridized carbons (Fsp3) is 1.00. The van der Waals surface area contributed by atoms with E-state index in [4.69, 9.17) is 86.2 Å².